The lowest BCUT2D eigenvalue weighted by Gasteiger charge is -2.34. The van der Waals surface area contributed by atoms with E-state index >= 15 is 0 Å². The van der Waals surface area contributed by atoms with Gasteiger partial charge < -0.3 is 15.5 Å². The molecule has 3 heterocycles. The van der Waals surface area contributed by atoms with Crippen molar-refractivity contribution in [3.8, 4) is 10.4 Å². The Morgan fingerprint density at radius 3 is 2.30 bits per heavy atom. The number of piperazine rings is 1. The largest absolute Gasteiger partial charge is 0.416 e. The number of likely N-dealkylation sites (N-methyl/N-ethyl adjacent to an activating group) is 1. The van der Waals surface area contributed by atoms with Crippen LogP contribution in [0.1, 0.15) is 38.8 Å². The van der Waals surface area contributed by atoms with Crippen LogP contribution in [0.25, 0.3) is 10.4 Å². The monoisotopic (exact) mass is 611 g/mol. The summed E-state index contributed by atoms with van der Waals surface area (Å²) in [7, 11) is 0. The van der Waals surface area contributed by atoms with Gasteiger partial charge in [-0.25, -0.2) is 4.39 Å². The summed E-state index contributed by atoms with van der Waals surface area (Å²) in [5, 5.41) is 6.89. The second kappa shape index (κ2) is 13.0. The first kappa shape index (κ1) is 30.3. The molecule has 5 rings (SSSR count). The van der Waals surface area contributed by atoms with Crippen LogP contribution in [0.5, 0.6) is 0 Å². The van der Waals surface area contributed by atoms with Crippen molar-refractivity contribution in [1.82, 2.24) is 14.8 Å². The number of carbonyl (C=O) groups is 2. The molecule has 1 aliphatic heterocycles. The number of nitrogens with zero attached hydrogens (tertiary/aromatic N) is 3. The van der Waals surface area contributed by atoms with Crippen molar-refractivity contribution in [2.45, 2.75) is 19.6 Å². The molecule has 0 bridgehead atoms. The van der Waals surface area contributed by atoms with Crippen LogP contribution in [0.3, 0.4) is 0 Å². The molecule has 0 unspecified atom stereocenters. The van der Waals surface area contributed by atoms with E-state index in [1.165, 1.54) is 35.7 Å². The molecule has 0 atom stereocenters. The fourth-order valence-electron chi connectivity index (χ4n) is 4.90. The van der Waals surface area contributed by atoms with Crippen molar-refractivity contribution >= 4 is 34.5 Å². The van der Waals surface area contributed by atoms with Gasteiger partial charge in [0.25, 0.3) is 11.8 Å². The number of aromatic nitrogens is 1. The van der Waals surface area contributed by atoms with Crippen LogP contribution < -0.4 is 10.6 Å². The van der Waals surface area contributed by atoms with Crippen LogP contribution in [-0.4, -0.2) is 59.3 Å². The van der Waals surface area contributed by atoms with Crippen LogP contribution >= 0.6 is 11.3 Å². The quantitative estimate of drug-likeness (QED) is 0.219. The molecule has 0 radical (unpaired) electrons. The maximum atomic E-state index is 14.5. The molecule has 1 fully saturated rings. The van der Waals surface area contributed by atoms with E-state index in [1.54, 1.807) is 12.3 Å². The maximum Gasteiger partial charge on any atom is 0.416 e. The number of benzene rings is 2. The van der Waals surface area contributed by atoms with Crippen LogP contribution in [0.4, 0.5) is 28.9 Å². The highest BCUT2D eigenvalue weighted by Gasteiger charge is 2.34. The number of amides is 2. The molecule has 12 heteroatoms. The number of rotatable bonds is 8. The van der Waals surface area contributed by atoms with E-state index in [0.717, 1.165) is 48.3 Å². The third-order valence-corrected chi connectivity index (χ3v) is 8.12. The van der Waals surface area contributed by atoms with Gasteiger partial charge in [-0.1, -0.05) is 19.1 Å². The maximum absolute atomic E-state index is 14.5. The minimum absolute atomic E-state index is 0.00572. The Labute approximate surface area is 250 Å². The van der Waals surface area contributed by atoms with E-state index in [-0.39, 0.29) is 34.6 Å². The molecule has 0 saturated carbocycles. The second-order valence-corrected chi connectivity index (χ2v) is 11.1. The van der Waals surface area contributed by atoms with E-state index in [1.807, 2.05) is 22.4 Å². The molecule has 2 amide bonds. The van der Waals surface area contributed by atoms with Gasteiger partial charge in [0.2, 0.25) is 0 Å². The third-order valence-electron chi connectivity index (χ3n) is 7.20. The van der Waals surface area contributed by atoms with Gasteiger partial charge in [0, 0.05) is 72.5 Å². The van der Waals surface area contributed by atoms with Crippen LogP contribution in [0, 0.1) is 5.82 Å². The topological polar surface area (TPSA) is 77.6 Å². The van der Waals surface area contributed by atoms with E-state index < -0.39 is 29.4 Å². The lowest BCUT2D eigenvalue weighted by atomic mass is 10.0. The molecule has 43 heavy (non-hydrogen) atoms. The fourth-order valence-corrected chi connectivity index (χ4v) is 5.61. The summed E-state index contributed by atoms with van der Waals surface area (Å²) in [5.74, 6) is -2.19. The van der Waals surface area contributed by atoms with Gasteiger partial charge in [-0.15, -0.1) is 11.3 Å². The normalized spacial score (nSPS) is 14.4. The highest BCUT2D eigenvalue weighted by Crippen LogP contribution is 2.35. The first-order valence-electron chi connectivity index (χ1n) is 13.7. The number of pyridine rings is 1. The number of hydrogen-bond donors (Lipinski definition) is 2. The Bertz CT molecular complexity index is 1600. The first-order chi connectivity index (χ1) is 20.6. The van der Waals surface area contributed by atoms with Crippen molar-refractivity contribution in [3.63, 3.8) is 0 Å². The lowest BCUT2D eigenvalue weighted by molar-refractivity contribution is -0.138. The molecule has 1 saturated heterocycles. The minimum atomic E-state index is -4.63. The standard InChI is InChI=1S/C31H29F4N5O2S/c1-2-39-7-9-40(10-8-39)19-20-5-6-25(16-27(20)31(33,34)35)37-29(41)21-13-24(32)15-26(14-21)38-30(42)23-12-22(17-36-18-23)28-4-3-11-43-28/h3-6,11-18H,2,7-10,19H2,1H3,(H,37,41)(H,38,42). The van der Waals surface area contributed by atoms with E-state index in [4.69, 9.17) is 0 Å². The highest BCUT2D eigenvalue weighted by atomic mass is 32.1. The summed E-state index contributed by atoms with van der Waals surface area (Å²) in [5.41, 5.74) is -0.00218. The smallest absolute Gasteiger partial charge is 0.322 e. The van der Waals surface area contributed by atoms with Gasteiger partial charge in [-0.2, -0.15) is 13.2 Å². The summed E-state index contributed by atoms with van der Waals surface area (Å²) < 4.78 is 56.5. The number of anilines is 2. The number of alkyl halides is 3. The molecule has 2 aromatic heterocycles. The average molecular weight is 612 g/mol. The van der Waals surface area contributed by atoms with Crippen molar-refractivity contribution in [2.24, 2.45) is 0 Å². The van der Waals surface area contributed by atoms with Gasteiger partial charge in [0.1, 0.15) is 5.82 Å². The summed E-state index contributed by atoms with van der Waals surface area (Å²) >= 11 is 1.49. The molecule has 1 aliphatic rings. The van der Waals surface area contributed by atoms with E-state index in [0.29, 0.717) is 13.1 Å². The zero-order valence-corrected chi connectivity index (χ0v) is 24.1. The SMILES string of the molecule is CCN1CCN(Cc2ccc(NC(=O)c3cc(F)cc(NC(=O)c4cncc(-c5cccs5)c4)c3)cc2C(F)(F)F)CC1. The van der Waals surface area contributed by atoms with Crippen molar-refractivity contribution < 1.29 is 27.2 Å². The average Bonchev–Trinajstić information content (AvgIpc) is 3.53. The predicted molar refractivity (Wildman–Crippen MR) is 159 cm³/mol. The second-order valence-electron chi connectivity index (χ2n) is 10.2. The Hall–Kier alpha value is -4.13. The summed E-state index contributed by atoms with van der Waals surface area (Å²) in [6, 6.07) is 12.3. The van der Waals surface area contributed by atoms with Crippen molar-refractivity contribution in [1.29, 1.82) is 0 Å². The van der Waals surface area contributed by atoms with Gasteiger partial charge >= 0.3 is 6.18 Å². The van der Waals surface area contributed by atoms with Gasteiger partial charge in [-0.3, -0.25) is 19.5 Å². The Morgan fingerprint density at radius 2 is 1.60 bits per heavy atom. The van der Waals surface area contributed by atoms with Crippen LogP contribution in [0.15, 0.2) is 72.4 Å². The van der Waals surface area contributed by atoms with Crippen molar-refractivity contribution in [2.75, 3.05) is 43.4 Å². The molecule has 7 nitrogen and oxygen atoms in total. The first-order valence-corrected chi connectivity index (χ1v) is 14.5. The zero-order valence-electron chi connectivity index (χ0n) is 23.2. The highest BCUT2D eigenvalue weighted by molar-refractivity contribution is 7.13. The van der Waals surface area contributed by atoms with Crippen LogP contribution in [0.2, 0.25) is 0 Å². The fraction of sp³-hybridized carbons (Fsp3) is 0.258. The predicted octanol–water partition coefficient (Wildman–Crippen LogP) is 6.61. The number of halogens is 4. The summed E-state index contributed by atoms with van der Waals surface area (Å²) in [4.78, 5) is 35.1. The molecule has 0 aliphatic carbocycles. The summed E-state index contributed by atoms with van der Waals surface area (Å²) in [6.07, 6.45) is -1.64. The Balaban J connectivity index is 1.29. The van der Waals surface area contributed by atoms with Gasteiger partial charge in [-0.05, 0) is 60.0 Å². The summed E-state index contributed by atoms with van der Waals surface area (Å²) in [6.45, 7) is 6.00. The molecular formula is C31H29F4N5O2S. The zero-order chi connectivity index (χ0) is 30.6. The molecular weight excluding hydrogens is 582 g/mol. The van der Waals surface area contributed by atoms with Gasteiger partial charge in [0.15, 0.2) is 0 Å². The number of thiophene rings is 1. The minimum Gasteiger partial charge on any atom is -0.322 e. The van der Waals surface area contributed by atoms with Crippen LogP contribution in [-0.2, 0) is 12.7 Å². The van der Waals surface area contributed by atoms with Gasteiger partial charge in [0.05, 0.1) is 11.1 Å². The van der Waals surface area contributed by atoms with E-state index in [2.05, 4.69) is 27.4 Å². The molecule has 0 spiro atoms. The Kier molecular flexibility index (Phi) is 9.19. The molecule has 2 aromatic carbocycles. The van der Waals surface area contributed by atoms with E-state index in [9.17, 15) is 27.2 Å². The number of carbonyl (C=O) groups excluding carboxylic acids is 2. The number of nitrogens with one attached hydrogen (secondary N) is 2. The van der Waals surface area contributed by atoms with Crippen molar-refractivity contribution in [3.05, 3.63) is 100 Å². The molecule has 224 valence electrons. The molecule has 2 N–H and O–H groups in total. The third kappa shape index (κ3) is 7.64. The lowest BCUT2D eigenvalue weighted by Crippen LogP contribution is -2.45. The Morgan fingerprint density at radius 1 is 0.884 bits per heavy atom. The number of hydrogen-bond acceptors (Lipinski definition) is 6. The molecule has 4 aromatic rings.